The Morgan fingerprint density at radius 3 is 2.59 bits per heavy atom. The molecule has 1 heterocycles. The standard InChI is InChI=1S/C14H16ClNO/c1-14(2,3)11-7-5-4-6-10(11)13-12(8-15)16-9-17-13/h4-7,9H,8H2,1-3H3. The van der Waals surface area contributed by atoms with E-state index in [9.17, 15) is 0 Å². The lowest BCUT2D eigenvalue weighted by Crippen LogP contribution is -2.12. The molecule has 0 aliphatic carbocycles. The van der Waals surface area contributed by atoms with Crippen LogP contribution < -0.4 is 0 Å². The minimum absolute atomic E-state index is 0.0625. The number of halogens is 1. The molecule has 0 fully saturated rings. The Hall–Kier alpha value is -1.28. The van der Waals surface area contributed by atoms with Gasteiger partial charge in [0.1, 0.15) is 5.69 Å². The molecule has 1 aromatic heterocycles. The van der Waals surface area contributed by atoms with E-state index < -0.39 is 0 Å². The van der Waals surface area contributed by atoms with Crippen LogP contribution in [-0.4, -0.2) is 4.98 Å². The van der Waals surface area contributed by atoms with Crippen LogP contribution in [0.15, 0.2) is 35.1 Å². The van der Waals surface area contributed by atoms with Gasteiger partial charge in [-0.25, -0.2) is 4.98 Å². The summed E-state index contributed by atoms with van der Waals surface area (Å²) in [6, 6.07) is 8.22. The number of hydrogen-bond donors (Lipinski definition) is 0. The normalized spacial score (nSPS) is 11.8. The third-order valence-corrected chi connectivity index (χ3v) is 3.00. The predicted octanol–water partition coefficient (Wildman–Crippen LogP) is 4.38. The monoisotopic (exact) mass is 249 g/mol. The topological polar surface area (TPSA) is 26.0 Å². The summed E-state index contributed by atoms with van der Waals surface area (Å²) in [4.78, 5) is 4.14. The molecule has 0 aliphatic rings. The Kier molecular flexibility index (Phi) is 3.25. The molecule has 0 N–H and O–H groups in total. The van der Waals surface area contributed by atoms with Gasteiger partial charge in [0.05, 0.1) is 5.88 Å². The smallest absolute Gasteiger partial charge is 0.181 e. The maximum absolute atomic E-state index is 5.87. The molecule has 1 aromatic carbocycles. The average molecular weight is 250 g/mol. The highest BCUT2D eigenvalue weighted by Crippen LogP contribution is 2.34. The predicted molar refractivity (Wildman–Crippen MR) is 70.2 cm³/mol. The van der Waals surface area contributed by atoms with Crippen molar-refractivity contribution < 1.29 is 4.42 Å². The number of benzene rings is 1. The summed E-state index contributed by atoms with van der Waals surface area (Å²) < 4.78 is 5.48. The highest BCUT2D eigenvalue weighted by molar-refractivity contribution is 6.17. The molecule has 0 unspecified atom stereocenters. The van der Waals surface area contributed by atoms with Gasteiger partial charge in [0.2, 0.25) is 0 Å². The van der Waals surface area contributed by atoms with Crippen molar-refractivity contribution in [3.8, 4) is 11.3 Å². The van der Waals surface area contributed by atoms with Crippen molar-refractivity contribution in [1.82, 2.24) is 4.98 Å². The summed E-state index contributed by atoms with van der Waals surface area (Å²) in [5.74, 6) is 1.15. The Morgan fingerprint density at radius 2 is 1.94 bits per heavy atom. The first kappa shape index (κ1) is 12.2. The van der Waals surface area contributed by atoms with Crippen molar-refractivity contribution in [2.24, 2.45) is 0 Å². The van der Waals surface area contributed by atoms with E-state index in [0.717, 1.165) is 17.0 Å². The first-order valence-electron chi connectivity index (χ1n) is 5.62. The number of aromatic nitrogens is 1. The molecule has 2 aromatic rings. The van der Waals surface area contributed by atoms with Gasteiger partial charge in [0.15, 0.2) is 12.2 Å². The highest BCUT2D eigenvalue weighted by Gasteiger charge is 2.21. The summed E-state index contributed by atoms with van der Waals surface area (Å²) in [7, 11) is 0. The van der Waals surface area contributed by atoms with Crippen LogP contribution in [-0.2, 0) is 11.3 Å². The minimum Gasteiger partial charge on any atom is -0.443 e. The highest BCUT2D eigenvalue weighted by atomic mass is 35.5. The van der Waals surface area contributed by atoms with E-state index in [2.05, 4.69) is 37.9 Å². The summed E-state index contributed by atoms with van der Waals surface area (Å²) in [5.41, 5.74) is 3.17. The second-order valence-corrected chi connectivity index (χ2v) is 5.32. The first-order valence-corrected chi connectivity index (χ1v) is 6.15. The quantitative estimate of drug-likeness (QED) is 0.739. The third-order valence-electron chi connectivity index (χ3n) is 2.75. The molecule has 0 amide bonds. The first-order chi connectivity index (χ1) is 8.04. The van der Waals surface area contributed by atoms with Crippen molar-refractivity contribution in [1.29, 1.82) is 0 Å². The molecule has 3 heteroatoms. The van der Waals surface area contributed by atoms with Crippen LogP contribution in [0, 0.1) is 0 Å². The van der Waals surface area contributed by atoms with Gasteiger partial charge >= 0.3 is 0 Å². The van der Waals surface area contributed by atoms with Crippen LogP contribution in [0.4, 0.5) is 0 Å². The van der Waals surface area contributed by atoms with Crippen molar-refractivity contribution in [2.45, 2.75) is 32.1 Å². The minimum atomic E-state index is 0.0625. The number of nitrogens with zero attached hydrogens (tertiary/aromatic N) is 1. The fraction of sp³-hybridized carbons (Fsp3) is 0.357. The molecule has 0 saturated carbocycles. The Labute approximate surface area is 107 Å². The molecule has 2 rings (SSSR count). The molecule has 90 valence electrons. The Bertz CT molecular complexity index is 511. The Morgan fingerprint density at radius 1 is 1.24 bits per heavy atom. The van der Waals surface area contributed by atoms with Gasteiger partial charge in [-0.2, -0.15) is 0 Å². The molecular weight excluding hydrogens is 234 g/mol. The van der Waals surface area contributed by atoms with Gasteiger partial charge in [0.25, 0.3) is 0 Å². The molecule has 0 bridgehead atoms. The molecular formula is C14H16ClNO. The summed E-state index contributed by atoms with van der Waals surface area (Å²) in [6.45, 7) is 6.55. The van der Waals surface area contributed by atoms with Gasteiger partial charge in [-0.3, -0.25) is 0 Å². The van der Waals surface area contributed by atoms with Crippen LogP contribution in [0.2, 0.25) is 0 Å². The molecule has 0 spiro atoms. The van der Waals surface area contributed by atoms with E-state index in [1.54, 1.807) is 0 Å². The van der Waals surface area contributed by atoms with Crippen molar-refractivity contribution in [3.05, 3.63) is 41.9 Å². The number of rotatable bonds is 2. The van der Waals surface area contributed by atoms with Gasteiger partial charge in [-0.1, -0.05) is 45.0 Å². The SMILES string of the molecule is CC(C)(C)c1ccccc1-c1ocnc1CCl. The largest absolute Gasteiger partial charge is 0.443 e. The van der Waals surface area contributed by atoms with Crippen molar-refractivity contribution in [3.63, 3.8) is 0 Å². The molecule has 0 radical (unpaired) electrons. The maximum atomic E-state index is 5.87. The van der Waals surface area contributed by atoms with E-state index in [-0.39, 0.29) is 5.41 Å². The lowest BCUT2D eigenvalue weighted by molar-refractivity contribution is 0.559. The number of oxazole rings is 1. The number of hydrogen-bond acceptors (Lipinski definition) is 2. The van der Waals surface area contributed by atoms with Gasteiger partial charge in [0, 0.05) is 5.56 Å². The second-order valence-electron chi connectivity index (χ2n) is 5.06. The van der Waals surface area contributed by atoms with Crippen molar-refractivity contribution >= 4 is 11.6 Å². The lowest BCUT2D eigenvalue weighted by Gasteiger charge is -2.22. The van der Waals surface area contributed by atoms with E-state index in [1.165, 1.54) is 12.0 Å². The summed E-state index contributed by atoms with van der Waals surface area (Å²) in [6.07, 6.45) is 1.45. The van der Waals surface area contributed by atoms with Gasteiger partial charge in [-0.15, -0.1) is 11.6 Å². The molecule has 17 heavy (non-hydrogen) atoms. The zero-order chi connectivity index (χ0) is 12.5. The van der Waals surface area contributed by atoms with Crippen LogP contribution >= 0.6 is 11.6 Å². The fourth-order valence-electron chi connectivity index (χ4n) is 1.92. The van der Waals surface area contributed by atoms with E-state index in [1.807, 2.05) is 12.1 Å². The van der Waals surface area contributed by atoms with Crippen LogP contribution in [0.5, 0.6) is 0 Å². The van der Waals surface area contributed by atoms with E-state index >= 15 is 0 Å². The third kappa shape index (κ3) is 2.37. The van der Waals surface area contributed by atoms with Gasteiger partial charge in [-0.05, 0) is 11.0 Å². The molecule has 2 nitrogen and oxygen atoms in total. The van der Waals surface area contributed by atoms with E-state index in [4.69, 9.17) is 16.0 Å². The number of alkyl halides is 1. The molecule has 0 atom stereocenters. The Balaban J connectivity index is 2.60. The average Bonchev–Trinajstić information content (AvgIpc) is 2.75. The van der Waals surface area contributed by atoms with Crippen LogP contribution in [0.25, 0.3) is 11.3 Å². The fourth-order valence-corrected chi connectivity index (χ4v) is 2.11. The van der Waals surface area contributed by atoms with E-state index in [0.29, 0.717) is 5.88 Å². The second kappa shape index (κ2) is 4.53. The molecule has 0 aliphatic heterocycles. The summed E-state index contributed by atoms with van der Waals surface area (Å²) >= 11 is 5.87. The zero-order valence-electron chi connectivity index (χ0n) is 10.3. The van der Waals surface area contributed by atoms with Crippen LogP contribution in [0.3, 0.4) is 0 Å². The maximum Gasteiger partial charge on any atom is 0.181 e. The molecule has 0 saturated heterocycles. The summed E-state index contributed by atoms with van der Waals surface area (Å²) in [5, 5.41) is 0. The zero-order valence-corrected chi connectivity index (χ0v) is 11.1. The van der Waals surface area contributed by atoms with Crippen LogP contribution in [0.1, 0.15) is 32.0 Å². The lowest BCUT2D eigenvalue weighted by atomic mass is 9.83. The van der Waals surface area contributed by atoms with Gasteiger partial charge < -0.3 is 4.42 Å². The van der Waals surface area contributed by atoms with Crippen molar-refractivity contribution in [2.75, 3.05) is 0 Å².